The number of hydrogen-bond acceptors (Lipinski definition) is 2. The minimum atomic E-state index is -0.336. The predicted octanol–water partition coefficient (Wildman–Crippen LogP) is 3.22. The molecule has 0 aliphatic carbocycles. The van der Waals surface area contributed by atoms with Crippen molar-refractivity contribution in [2.24, 2.45) is 0 Å². The van der Waals surface area contributed by atoms with Crippen molar-refractivity contribution in [2.75, 3.05) is 6.61 Å². The summed E-state index contributed by atoms with van der Waals surface area (Å²) in [5.74, 6) is -0.336. The van der Waals surface area contributed by atoms with Gasteiger partial charge in [0.25, 0.3) is 0 Å². The molecule has 15 heavy (non-hydrogen) atoms. The molecule has 0 aromatic heterocycles. The van der Waals surface area contributed by atoms with Crippen LogP contribution >= 0.6 is 11.6 Å². The first-order chi connectivity index (χ1) is 7.15. The second-order valence-electron chi connectivity index (χ2n) is 3.04. The molecule has 0 unspecified atom stereocenters. The molecule has 0 radical (unpaired) electrons. The van der Waals surface area contributed by atoms with E-state index < -0.39 is 0 Å². The van der Waals surface area contributed by atoms with Crippen molar-refractivity contribution in [2.45, 2.75) is 13.8 Å². The van der Waals surface area contributed by atoms with Gasteiger partial charge in [-0.15, -0.1) is 0 Å². The molecular weight excluding hydrogens is 212 g/mol. The van der Waals surface area contributed by atoms with E-state index in [1.807, 2.05) is 25.1 Å². The van der Waals surface area contributed by atoms with Crippen LogP contribution in [-0.2, 0) is 9.53 Å². The molecule has 0 aliphatic rings. The molecule has 1 aromatic rings. The zero-order valence-corrected chi connectivity index (χ0v) is 9.54. The van der Waals surface area contributed by atoms with E-state index in [9.17, 15) is 4.79 Å². The Hall–Kier alpha value is -1.28. The van der Waals surface area contributed by atoms with Crippen molar-refractivity contribution in [1.82, 2.24) is 0 Å². The number of hydrogen-bond donors (Lipinski definition) is 0. The molecule has 0 amide bonds. The van der Waals surface area contributed by atoms with E-state index in [4.69, 9.17) is 16.3 Å². The van der Waals surface area contributed by atoms with Crippen LogP contribution in [0.4, 0.5) is 0 Å². The first-order valence-electron chi connectivity index (χ1n) is 4.75. The molecule has 0 fully saturated rings. The molecule has 1 rings (SSSR count). The maximum atomic E-state index is 11.1. The van der Waals surface area contributed by atoms with Crippen LogP contribution in [0.15, 0.2) is 24.3 Å². The number of ether oxygens (including phenoxy) is 1. The Balaban J connectivity index is 2.81. The van der Waals surface area contributed by atoms with Crippen LogP contribution in [0.3, 0.4) is 0 Å². The Labute approximate surface area is 94.5 Å². The number of esters is 1. The Morgan fingerprint density at radius 1 is 1.53 bits per heavy atom. The monoisotopic (exact) mass is 224 g/mol. The predicted molar refractivity (Wildman–Crippen MR) is 61.9 cm³/mol. The third kappa shape index (κ3) is 3.40. The van der Waals surface area contributed by atoms with Gasteiger partial charge in [-0.3, -0.25) is 0 Å². The Kier molecular flexibility index (Phi) is 4.37. The molecule has 0 spiro atoms. The van der Waals surface area contributed by atoms with Crippen LogP contribution in [0.25, 0.3) is 6.08 Å². The summed E-state index contributed by atoms with van der Waals surface area (Å²) in [5.41, 5.74) is 1.88. The number of carbonyl (C=O) groups is 1. The zero-order valence-electron chi connectivity index (χ0n) is 8.79. The lowest BCUT2D eigenvalue weighted by Gasteiger charge is -2.01. The van der Waals surface area contributed by atoms with E-state index in [0.717, 1.165) is 11.1 Å². The number of rotatable bonds is 3. The van der Waals surface area contributed by atoms with Crippen molar-refractivity contribution in [3.63, 3.8) is 0 Å². The van der Waals surface area contributed by atoms with Crippen molar-refractivity contribution in [1.29, 1.82) is 0 Å². The van der Waals surface area contributed by atoms with Gasteiger partial charge in [-0.1, -0.05) is 23.7 Å². The number of carbonyl (C=O) groups excluding carboxylic acids is 1. The fraction of sp³-hybridized carbons (Fsp3) is 0.250. The van der Waals surface area contributed by atoms with Crippen LogP contribution < -0.4 is 0 Å². The fourth-order valence-corrected chi connectivity index (χ4v) is 1.33. The summed E-state index contributed by atoms with van der Waals surface area (Å²) in [5, 5.41) is 0.695. The summed E-state index contributed by atoms with van der Waals surface area (Å²) in [6, 6.07) is 5.57. The number of halogens is 1. The minimum absolute atomic E-state index is 0.336. The van der Waals surface area contributed by atoms with Gasteiger partial charge in [0.15, 0.2) is 0 Å². The average molecular weight is 225 g/mol. The van der Waals surface area contributed by atoms with Crippen LogP contribution in [0.1, 0.15) is 18.1 Å². The smallest absolute Gasteiger partial charge is 0.330 e. The van der Waals surface area contributed by atoms with E-state index >= 15 is 0 Å². The molecule has 3 heteroatoms. The molecule has 0 saturated heterocycles. The van der Waals surface area contributed by atoms with Gasteiger partial charge in [0.1, 0.15) is 0 Å². The van der Waals surface area contributed by atoms with E-state index in [1.165, 1.54) is 6.08 Å². The van der Waals surface area contributed by atoms with E-state index in [0.29, 0.717) is 11.6 Å². The van der Waals surface area contributed by atoms with Gasteiger partial charge in [-0.05, 0) is 37.1 Å². The van der Waals surface area contributed by atoms with Crippen LogP contribution in [0.5, 0.6) is 0 Å². The first kappa shape index (κ1) is 11.8. The standard InChI is InChI=1S/C12H13ClO2/c1-3-15-12(14)8-7-10-5-4-6-11(13)9(10)2/h4-8H,3H2,1-2H3. The summed E-state index contributed by atoms with van der Waals surface area (Å²) in [4.78, 5) is 11.1. The average Bonchev–Trinajstić information content (AvgIpc) is 2.21. The molecule has 1 aromatic carbocycles. The SMILES string of the molecule is CCOC(=O)C=Cc1cccc(Cl)c1C. The highest BCUT2D eigenvalue weighted by molar-refractivity contribution is 6.31. The van der Waals surface area contributed by atoms with Gasteiger partial charge in [0.05, 0.1) is 6.61 Å². The van der Waals surface area contributed by atoms with Crippen molar-refractivity contribution in [3.8, 4) is 0 Å². The molecule has 0 bridgehead atoms. The van der Waals surface area contributed by atoms with E-state index in [2.05, 4.69) is 0 Å². The quantitative estimate of drug-likeness (QED) is 0.582. The summed E-state index contributed by atoms with van der Waals surface area (Å²) in [6.45, 7) is 4.07. The van der Waals surface area contributed by atoms with Crippen LogP contribution in [0.2, 0.25) is 5.02 Å². The lowest BCUT2D eigenvalue weighted by Crippen LogP contribution is -1.98. The largest absolute Gasteiger partial charge is 0.463 e. The van der Waals surface area contributed by atoms with Gasteiger partial charge >= 0.3 is 5.97 Å². The maximum Gasteiger partial charge on any atom is 0.330 e. The Morgan fingerprint density at radius 2 is 2.27 bits per heavy atom. The summed E-state index contributed by atoms with van der Waals surface area (Å²) >= 11 is 5.94. The third-order valence-corrected chi connectivity index (χ3v) is 2.40. The van der Waals surface area contributed by atoms with Crippen molar-refractivity contribution >= 4 is 23.6 Å². The normalized spacial score (nSPS) is 10.6. The van der Waals surface area contributed by atoms with Gasteiger partial charge in [0, 0.05) is 11.1 Å². The third-order valence-electron chi connectivity index (χ3n) is 2.00. The second-order valence-corrected chi connectivity index (χ2v) is 3.45. The fourth-order valence-electron chi connectivity index (χ4n) is 1.15. The Morgan fingerprint density at radius 3 is 2.93 bits per heavy atom. The highest BCUT2D eigenvalue weighted by atomic mass is 35.5. The lowest BCUT2D eigenvalue weighted by atomic mass is 10.1. The van der Waals surface area contributed by atoms with E-state index in [-0.39, 0.29) is 5.97 Å². The molecule has 0 aliphatic heterocycles. The molecule has 2 nitrogen and oxygen atoms in total. The summed E-state index contributed by atoms with van der Waals surface area (Å²) in [7, 11) is 0. The maximum absolute atomic E-state index is 11.1. The minimum Gasteiger partial charge on any atom is -0.463 e. The first-order valence-corrected chi connectivity index (χ1v) is 5.13. The summed E-state index contributed by atoms with van der Waals surface area (Å²) in [6.07, 6.45) is 3.11. The molecule has 80 valence electrons. The number of benzene rings is 1. The van der Waals surface area contributed by atoms with Crippen LogP contribution in [-0.4, -0.2) is 12.6 Å². The van der Waals surface area contributed by atoms with Crippen LogP contribution in [0, 0.1) is 6.92 Å². The summed E-state index contributed by atoms with van der Waals surface area (Å²) < 4.78 is 4.77. The molecule has 0 saturated carbocycles. The van der Waals surface area contributed by atoms with Gasteiger partial charge in [0.2, 0.25) is 0 Å². The zero-order chi connectivity index (χ0) is 11.3. The molecular formula is C12H13ClO2. The van der Waals surface area contributed by atoms with Crippen molar-refractivity contribution < 1.29 is 9.53 Å². The molecule has 0 atom stereocenters. The van der Waals surface area contributed by atoms with Crippen molar-refractivity contribution in [3.05, 3.63) is 40.4 Å². The van der Waals surface area contributed by atoms with Gasteiger partial charge in [-0.25, -0.2) is 4.79 Å². The highest BCUT2D eigenvalue weighted by Crippen LogP contribution is 2.19. The molecule has 0 N–H and O–H groups in total. The highest BCUT2D eigenvalue weighted by Gasteiger charge is 1.99. The topological polar surface area (TPSA) is 26.3 Å². The van der Waals surface area contributed by atoms with Gasteiger partial charge < -0.3 is 4.74 Å². The lowest BCUT2D eigenvalue weighted by molar-refractivity contribution is -0.137. The Bertz CT molecular complexity index is 383. The van der Waals surface area contributed by atoms with E-state index in [1.54, 1.807) is 13.0 Å². The molecule has 0 heterocycles. The second kappa shape index (κ2) is 5.56. The van der Waals surface area contributed by atoms with Gasteiger partial charge in [-0.2, -0.15) is 0 Å².